The summed E-state index contributed by atoms with van der Waals surface area (Å²) in [5.41, 5.74) is 5.06. The second kappa shape index (κ2) is 6.39. The number of imidazole rings is 1. The summed E-state index contributed by atoms with van der Waals surface area (Å²) in [5.74, 6) is 0.0302. The van der Waals surface area contributed by atoms with Crippen LogP contribution in [0.2, 0.25) is 0 Å². The number of carbonyl (C=O) groups is 1. The third kappa shape index (κ3) is 4.56. The quantitative estimate of drug-likeness (QED) is 0.689. The fourth-order valence-electron chi connectivity index (χ4n) is 1.37. The molecule has 0 saturated carbocycles. The molecule has 0 unspecified atom stereocenters. The minimum Gasteiger partial charge on any atom is -0.356 e. The number of nitrogens with two attached hydrogens (primary N) is 1. The Hall–Kier alpha value is -1.36. The van der Waals surface area contributed by atoms with E-state index < -0.39 is 5.41 Å². The standard InChI is InChI=1S/C12H22N4O/c1-12(2,9-13)11(17)15-5-3-4-7-16-8-6-14-10-16/h6,8,10H,3-5,7,9,13H2,1-2H3,(H,15,17). The number of nitrogens with one attached hydrogen (secondary N) is 1. The van der Waals surface area contributed by atoms with Gasteiger partial charge in [-0.2, -0.15) is 0 Å². The lowest BCUT2D eigenvalue weighted by molar-refractivity contribution is -0.128. The highest BCUT2D eigenvalue weighted by Crippen LogP contribution is 2.11. The Kier molecular flexibility index (Phi) is 5.15. The molecule has 0 radical (unpaired) electrons. The number of unbranched alkanes of at least 4 members (excludes halogenated alkanes) is 1. The maximum Gasteiger partial charge on any atom is 0.226 e. The summed E-state index contributed by atoms with van der Waals surface area (Å²) in [5, 5.41) is 2.91. The van der Waals surface area contributed by atoms with E-state index in [2.05, 4.69) is 10.3 Å². The number of aryl methyl sites for hydroxylation is 1. The van der Waals surface area contributed by atoms with E-state index in [0.29, 0.717) is 13.1 Å². The number of hydrogen-bond donors (Lipinski definition) is 2. The van der Waals surface area contributed by atoms with E-state index in [-0.39, 0.29) is 5.91 Å². The van der Waals surface area contributed by atoms with E-state index in [1.165, 1.54) is 0 Å². The van der Waals surface area contributed by atoms with E-state index in [9.17, 15) is 4.79 Å². The van der Waals surface area contributed by atoms with Crippen molar-refractivity contribution in [1.29, 1.82) is 0 Å². The fourth-order valence-corrected chi connectivity index (χ4v) is 1.37. The average molecular weight is 238 g/mol. The van der Waals surface area contributed by atoms with Crippen molar-refractivity contribution in [3.8, 4) is 0 Å². The molecule has 0 saturated heterocycles. The highest BCUT2D eigenvalue weighted by Gasteiger charge is 2.24. The molecule has 1 aromatic heterocycles. The van der Waals surface area contributed by atoms with Crippen LogP contribution in [0.1, 0.15) is 26.7 Å². The van der Waals surface area contributed by atoms with Crippen molar-refractivity contribution in [3.05, 3.63) is 18.7 Å². The zero-order valence-electron chi connectivity index (χ0n) is 10.6. The molecule has 1 heterocycles. The lowest BCUT2D eigenvalue weighted by Gasteiger charge is -2.21. The Balaban J connectivity index is 2.10. The van der Waals surface area contributed by atoms with Crippen LogP contribution in [-0.2, 0) is 11.3 Å². The van der Waals surface area contributed by atoms with Gasteiger partial charge in [-0.15, -0.1) is 0 Å². The van der Waals surface area contributed by atoms with E-state index in [4.69, 9.17) is 5.73 Å². The van der Waals surface area contributed by atoms with Gasteiger partial charge in [0.25, 0.3) is 0 Å². The first-order valence-corrected chi connectivity index (χ1v) is 6.00. The van der Waals surface area contributed by atoms with Gasteiger partial charge in [0, 0.05) is 32.0 Å². The second-order valence-electron chi connectivity index (χ2n) is 4.85. The number of nitrogens with zero attached hydrogens (tertiary/aromatic N) is 2. The van der Waals surface area contributed by atoms with Crippen molar-refractivity contribution < 1.29 is 4.79 Å². The van der Waals surface area contributed by atoms with Crippen molar-refractivity contribution in [2.45, 2.75) is 33.2 Å². The first kappa shape index (κ1) is 13.7. The van der Waals surface area contributed by atoms with Crippen LogP contribution in [0.3, 0.4) is 0 Å². The topological polar surface area (TPSA) is 72.9 Å². The summed E-state index contributed by atoms with van der Waals surface area (Å²) in [4.78, 5) is 15.7. The molecule has 1 aromatic rings. The average Bonchev–Trinajstić information content (AvgIpc) is 2.81. The third-order valence-corrected chi connectivity index (χ3v) is 2.81. The maximum atomic E-state index is 11.7. The molecule has 0 fully saturated rings. The smallest absolute Gasteiger partial charge is 0.226 e. The Labute approximate surface area is 102 Å². The third-order valence-electron chi connectivity index (χ3n) is 2.81. The van der Waals surface area contributed by atoms with Crippen molar-refractivity contribution >= 4 is 5.91 Å². The van der Waals surface area contributed by atoms with Crippen LogP contribution in [-0.4, -0.2) is 28.5 Å². The van der Waals surface area contributed by atoms with Crippen LogP contribution in [0.15, 0.2) is 18.7 Å². The van der Waals surface area contributed by atoms with Gasteiger partial charge in [-0.1, -0.05) is 0 Å². The van der Waals surface area contributed by atoms with Gasteiger partial charge >= 0.3 is 0 Å². The summed E-state index contributed by atoms with van der Waals surface area (Å²) in [6.07, 6.45) is 7.50. The van der Waals surface area contributed by atoms with Crippen LogP contribution in [0.25, 0.3) is 0 Å². The second-order valence-corrected chi connectivity index (χ2v) is 4.85. The molecular formula is C12H22N4O. The number of rotatable bonds is 7. The number of amides is 1. The lowest BCUT2D eigenvalue weighted by atomic mass is 9.93. The number of carbonyl (C=O) groups excluding carboxylic acids is 1. The van der Waals surface area contributed by atoms with Gasteiger partial charge in [0.1, 0.15) is 0 Å². The first-order valence-electron chi connectivity index (χ1n) is 6.00. The Morgan fingerprint density at radius 2 is 2.24 bits per heavy atom. The zero-order chi connectivity index (χ0) is 12.7. The highest BCUT2D eigenvalue weighted by atomic mass is 16.2. The first-order chi connectivity index (χ1) is 8.06. The Morgan fingerprint density at radius 1 is 1.47 bits per heavy atom. The molecule has 3 N–H and O–H groups in total. The fraction of sp³-hybridized carbons (Fsp3) is 0.667. The van der Waals surface area contributed by atoms with Crippen molar-refractivity contribution in [1.82, 2.24) is 14.9 Å². The predicted octanol–water partition coefficient (Wildman–Crippen LogP) is 0.764. The molecule has 0 bridgehead atoms. The van der Waals surface area contributed by atoms with E-state index in [1.54, 1.807) is 12.5 Å². The van der Waals surface area contributed by atoms with Gasteiger partial charge in [-0.3, -0.25) is 4.79 Å². The molecule has 5 heteroatoms. The molecule has 0 aliphatic heterocycles. The Morgan fingerprint density at radius 3 is 2.82 bits per heavy atom. The summed E-state index contributed by atoms with van der Waals surface area (Å²) >= 11 is 0. The molecule has 0 aliphatic carbocycles. The minimum atomic E-state index is -0.468. The number of hydrogen-bond acceptors (Lipinski definition) is 3. The maximum absolute atomic E-state index is 11.7. The van der Waals surface area contributed by atoms with Crippen LogP contribution >= 0.6 is 0 Å². The van der Waals surface area contributed by atoms with Crippen LogP contribution < -0.4 is 11.1 Å². The molecule has 96 valence electrons. The molecule has 5 nitrogen and oxygen atoms in total. The molecular weight excluding hydrogens is 216 g/mol. The molecule has 0 aliphatic rings. The van der Waals surface area contributed by atoms with E-state index >= 15 is 0 Å². The van der Waals surface area contributed by atoms with Gasteiger partial charge in [0.15, 0.2) is 0 Å². The molecule has 1 amide bonds. The molecule has 0 spiro atoms. The zero-order valence-corrected chi connectivity index (χ0v) is 10.6. The summed E-state index contributed by atoms with van der Waals surface area (Å²) in [6, 6.07) is 0. The van der Waals surface area contributed by atoms with Crippen molar-refractivity contribution in [3.63, 3.8) is 0 Å². The summed E-state index contributed by atoms with van der Waals surface area (Å²) in [7, 11) is 0. The van der Waals surface area contributed by atoms with Crippen molar-refractivity contribution in [2.75, 3.05) is 13.1 Å². The minimum absolute atomic E-state index is 0.0302. The van der Waals surface area contributed by atoms with Gasteiger partial charge in [0.05, 0.1) is 11.7 Å². The van der Waals surface area contributed by atoms with Crippen LogP contribution in [0.4, 0.5) is 0 Å². The van der Waals surface area contributed by atoms with Gasteiger partial charge in [-0.25, -0.2) is 4.98 Å². The Bertz CT molecular complexity index is 332. The van der Waals surface area contributed by atoms with E-state index in [1.807, 2.05) is 24.6 Å². The molecule has 1 rings (SSSR count). The molecule has 0 aromatic carbocycles. The summed E-state index contributed by atoms with van der Waals surface area (Å²) < 4.78 is 2.03. The lowest BCUT2D eigenvalue weighted by Crippen LogP contribution is -2.42. The van der Waals surface area contributed by atoms with Crippen molar-refractivity contribution in [2.24, 2.45) is 11.1 Å². The molecule has 0 atom stereocenters. The summed E-state index contributed by atoms with van der Waals surface area (Å²) in [6.45, 7) is 5.72. The monoisotopic (exact) mass is 238 g/mol. The SMILES string of the molecule is CC(C)(CN)C(=O)NCCCCn1ccnc1. The molecule has 17 heavy (non-hydrogen) atoms. The van der Waals surface area contributed by atoms with Crippen LogP contribution in [0.5, 0.6) is 0 Å². The normalized spacial score (nSPS) is 11.5. The largest absolute Gasteiger partial charge is 0.356 e. The van der Waals surface area contributed by atoms with Gasteiger partial charge in [-0.05, 0) is 26.7 Å². The van der Waals surface area contributed by atoms with Gasteiger partial charge in [0.2, 0.25) is 5.91 Å². The highest BCUT2D eigenvalue weighted by molar-refractivity contribution is 5.81. The van der Waals surface area contributed by atoms with E-state index in [0.717, 1.165) is 19.4 Å². The predicted molar refractivity (Wildman–Crippen MR) is 67.3 cm³/mol. The number of aromatic nitrogens is 2. The van der Waals surface area contributed by atoms with Crippen LogP contribution in [0, 0.1) is 5.41 Å². The van der Waals surface area contributed by atoms with Gasteiger partial charge < -0.3 is 15.6 Å².